The molecule has 0 bridgehead atoms. The lowest BCUT2D eigenvalue weighted by molar-refractivity contribution is 0.0736. The average molecular weight is 464 g/mol. The number of nitrogens with one attached hydrogen (secondary N) is 3. The third-order valence-electron chi connectivity index (χ3n) is 5.10. The SMILES string of the molecule is CC(C)NC(=O)c1ccccc1NC(=O)Nc1nc2c(s1)CN(C(=O)c1ccccc1)CC2. The number of nitrogens with zero attached hydrogens (tertiary/aromatic N) is 2. The Bertz CT molecular complexity index is 1180. The van der Waals surface area contributed by atoms with Crippen LogP contribution in [0.4, 0.5) is 15.6 Å². The minimum Gasteiger partial charge on any atom is -0.350 e. The lowest BCUT2D eigenvalue weighted by Crippen LogP contribution is -2.35. The van der Waals surface area contributed by atoms with E-state index >= 15 is 0 Å². The Morgan fingerprint density at radius 2 is 1.73 bits per heavy atom. The lowest BCUT2D eigenvalue weighted by atomic mass is 10.1. The van der Waals surface area contributed by atoms with Gasteiger partial charge in [0, 0.05) is 29.4 Å². The number of carbonyl (C=O) groups excluding carboxylic acids is 3. The van der Waals surface area contributed by atoms with Crippen molar-refractivity contribution in [3.63, 3.8) is 0 Å². The van der Waals surface area contributed by atoms with Crippen LogP contribution in [0.15, 0.2) is 54.6 Å². The monoisotopic (exact) mass is 463 g/mol. The van der Waals surface area contributed by atoms with Crippen LogP contribution in [-0.4, -0.2) is 40.3 Å². The number of thiazole rings is 1. The molecule has 0 spiro atoms. The van der Waals surface area contributed by atoms with Crippen molar-refractivity contribution >= 4 is 40.0 Å². The van der Waals surface area contributed by atoms with E-state index < -0.39 is 6.03 Å². The quantitative estimate of drug-likeness (QED) is 0.529. The van der Waals surface area contributed by atoms with Crippen molar-refractivity contribution in [2.24, 2.45) is 0 Å². The van der Waals surface area contributed by atoms with E-state index in [4.69, 9.17) is 0 Å². The Hall–Kier alpha value is -3.72. The average Bonchev–Trinajstić information content (AvgIpc) is 3.20. The number of amides is 4. The van der Waals surface area contributed by atoms with E-state index in [1.807, 2.05) is 32.0 Å². The van der Waals surface area contributed by atoms with Crippen LogP contribution in [0.25, 0.3) is 0 Å². The first-order valence-corrected chi connectivity index (χ1v) is 11.5. The third-order valence-corrected chi connectivity index (χ3v) is 6.10. The molecule has 1 aliphatic heterocycles. The highest BCUT2D eigenvalue weighted by Crippen LogP contribution is 2.29. The minimum atomic E-state index is -0.483. The summed E-state index contributed by atoms with van der Waals surface area (Å²) in [6.07, 6.45) is 0.631. The summed E-state index contributed by atoms with van der Waals surface area (Å²) in [7, 11) is 0. The molecule has 33 heavy (non-hydrogen) atoms. The van der Waals surface area contributed by atoms with Crippen molar-refractivity contribution in [3.8, 4) is 0 Å². The van der Waals surface area contributed by atoms with Gasteiger partial charge in [-0.05, 0) is 38.1 Å². The summed E-state index contributed by atoms with van der Waals surface area (Å²) >= 11 is 1.35. The molecule has 0 saturated heterocycles. The normalized spacial score (nSPS) is 12.8. The summed E-state index contributed by atoms with van der Waals surface area (Å²) in [5, 5.41) is 8.77. The van der Waals surface area contributed by atoms with Gasteiger partial charge in [-0.3, -0.25) is 14.9 Å². The van der Waals surface area contributed by atoms with Crippen molar-refractivity contribution in [1.29, 1.82) is 0 Å². The van der Waals surface area contributed by atoms with Gasteiger partial charge < -0.3 is 15.5 Å². The molecule has 4 amide bonds. The molecular formula is C24H25N5O3S. The van der Waals surface area contributed by atoms with E-state index in [-0.39, 0.29) is 17.9 Å². The standard InChI is InChI=1S/C24H25N5O3S/c1-15(2)25-21(30)17-10-6-7-11-18(17)26-23(32)28-24-27-19-12-13-29(14-20(19)33-24)22(31)16-8-4-3-5-9-16/h3-11,15H,12-14H2,1-2H3,(H,25,30)(H2,26,27,28,32). The number of urea groups is 1. The molecule has 4 rings (SSSR count). The van der Waals surface area contributed by atoms with Crippen molar-refractivity contribution < 1.29 is 14.4 Å². The van der Waals surface area contributed by atoms with E-state index in [1.165, 1.54) is 11.3 Å². The highest BCUT2D eigenvalue weighted by atomic mass is 32.1. The highest BCUT2D eigenvalue weighted by molar-refractivity contribution is 7.15. The van der Waals surface area contributed by atoms with Gasteiger partial charge in [0.1, 0.15) is 0 Å². The van der Waals surface area contributed by atoms with Gasteiger partial charge in [0.2, 0.25) is 0 Å². The molecule has 3 aromatic rings. The molecule has 2 heterocycles. The Balaban J connectivity index is 1.41. The lowest BCUT2D eigenvalue weighted by Gasteiger charge is -2.26. The number of rotatable bonds is 5. The van der Waals surface area contributed by atoms with Gasteiger partial charge >= 0.3 is 6.03 Å². The van der Waals surface area contributed by atoms with Gasteiger partial charge in [-0.1, -0.05) is 41.7 Å². The third kappa shape index (κ3) is 5.38. The number of anilines is 2. The largest absolute Gasteiger partial charge is 0.350 e. The molecule has 3 N–H and O–H groups in total. The van der Waals surface area contributed by atoms with Crippen LogP contribution < -0.4 is 16.0 Å². The van der Waals surface area contributed by atoms with Crippen molar-refractivity contribution in [2.45, 2.75) is 32.9 Å². The maximum absolute atomic E-state index is 12.7. The number of hydrogen-bond acceptors (Lipinski definition) is 5. The van der Waals surface area contributed by atoms with Crippen LogP contribution in [0.5, 0.6) is 0 Å². The van der Waals surface area contributed by atoms with Gasteiger partial charge in [0.15, 0.2) is 5.13 Å². The number of benzene rings is 2. The van der Waals surface area contributed by atoms with Crippen LogP contribution in [0.3, 0.4) is 0 Å². The highest BCUT2D eigenvalue weighted by Gasteiger charge is 2.25. The maximum Gasteiger partial charge on any atom is 0.325 e. The van der Waals surface area contributed by atoms with Crippen LogP contribution in [-0.2, 0) is 13.0 Å². The summed E-state index contributed by atoms with van der Waals surface area (Å²) in [5.41, 5.74) is 2.34. The van der Waals surface area contributed by atoms with E-state index in [1.54, 1.807) is 41.3 Å². The number of hydrogen-bond donors (Lipinski definition) is 3. The molecule has 0 aliphatic carbocycles. The van der Waals surface area contributed by atoms with E-state index in [0.29, 0.717) is 41.5 Å². The molecule has 0 unspecified atom stereocenters. The first-order chi connectivity index (χ1) is 15.9. The predicted molar refractivity (Wildman–Crippen MR) is 129 cm³/mol. The number of fused-ring (bicyclic) bond motifs is 1. The fourth-order valence-electron chi connectivity index (χ4n) is 3.57. The molecule has 0 saturated carbocycles. The van der Waals surface area contributed by atoms with Gasteiger partial charge in [-0.2, -0.15) is 0 Å². The Labute approximate surface area is 196 Å². The number of para-hydroxylation sites is 1. The van der Waals surface area contributed by atoms with Crippen molar-refractivity contribution in [2.75, 3.05) is 17.2 Å². The molecule has 8 nitrogen and oxygen atoms in total. The topological polar surface area (TPSA) is 103 Å². The summed E-state index contributed by atoms with van der Waals surface area (Å²) in [4.78, 5) is 45.0. The van der Waals surface area contributed by atoms with Gasteiger partial charge in [0.05, 0.1) is 23.5 Å². The fourth-order valence-corrected chi connectivity index (χ4v) is 4.59. The second-order valence-electron chi connectivity index (χ2n) is 7.98. The van der Waals surface area contributed by atoms with Crippen LogP contribution in [0.1, 0.15) is 45.1 Å². The van der Waals surface area contributed by atoms with Gasteiger partial charge in [0.25, 0.3) is 11.8 Å². The first-order valence-electron chi connectivity index (χ1n) is 10.7. The van der Waals surface area contributed by atoms with Crippen molar-refractivity contribution in [1.82, 2.24) is 15.2 Å². The smallest absolute Gasteiger partial charge is 0.325 e. The van der Waals surface area contributed by atoms with Crippen LogP contribution >= 0.6 is 11.3 Å². The first kappa shape index (κ1) is 22.5. The molecule has 170 valence electrons. The fraction of sp³-hybridized carbons (Fsp3) is 0.250. The molecule has 0 radical (unpaired) electrons. The zero-order valence-corrected chi connectivity index (χ0v) is 19.2. The molecule has 9 heteroatoms. The molecular weight excluding hydrogens is 438 g/mol. The second-order valence-corrected chi connectivity index (χ2v) is 9.07. The Morgan fingerprint density at radius 1 is 1.00 bits per heavy atom. The Kier molecular flexibility index (Phi) is 6.69. The van der Waals surface area contributed by atoms with E-state index in [0.717, 1.165) is 10.6 Å². The molecule has 0 fully saturated rings. The minimum absolute atomic E-state index is 0.0156. The molecule has 1 aromatic heterocycles. The number of aromatic nitrogens is 1. The van der Waals surface area contributed by atoms with Crippen LogP contribution in [0.2, 0.25) is 0 Å². The van der Waals surface area contributed by atoms with Crippen molar-refractivity contribution in [3.05, 3.63) is 76.3 Å². The van der Waals surface area contributed by atoms with Gasteiger partial charge in [-0.15, -0.1) is 0 Å². The zero-order valence-electron chi connectivity index (χ0n) is 18.4. The predicted octanol–water partition coefficient (Wildman–Crippen LogP) is 4.12. The van der Waals surface area contributed by atoms with Gasteiger partial charge in [-0.25, -0.2) is 9.78 Å². The Morgan fingerprint density at radius 3 is 2.48 bits per heavy atom. The summed E-state index contributed by atoms with van der Waals surface area (Å²) in [6, 6.07) is 15.5. The second kappa shape index (κ2) is 9.83. The molecule has 2 aromatic carbocycles. The summed E-state index contributed by atoms with van der Waals surface area (Å²) in [6.45, 7) is 4.79. The molecule has 0 atom stereocenters. The maximum atomic E-state index is 12.7. The molecule has 1 aliphatic rings. The van der Waals surface area contributed by atoms with Crippen LogP contribution in [0, 0.1) is 0 Å². The van der Waals surface area contributed by atoms with E-state index in [9.17, 15) is 14.4 Å². The number of carbonyl (C=O) groups is 3. The zero-order chi connectivity index (χ0) is 23.4. The van der Waals surface area contributed by atoms with E-state index in [2.05, 4.69) is 20.9 Å². The summed E-state index contributed by atoms with van der Waals surface area (Å²) < 4.78 is 0. The summed E-state index contributed by atoms with van der Waals surface area (Å²) in [5.74, 6) is -0.271.